The smallest absolute Gasteiger partial charge is 0.270 e. The van der Waals surface area contributed by atoms with Crippen LogP contribution in [0.3, 0.4) is 0 Å². The van der Waals surface area contributed by atoms with Crippen LogP contribution in [0.2, 0.25) is 10.0 Å². The summed E-state index contributed by atoms with van der Waals surface area (Å²) in [6, 6.07) is 7.07. The average molecular weight is 351 g/mol. The van der Waals surface area contributed by atoms with Gasteiger partial charge in [0.25, 0.3) is 5.91 Å². The molecule has 1 aromatic heterocycles. The first-order valence-corrected chi connectivity index (χ1v) is 8.24. The summed E-state index contributed by atoms with van der Waals surface area (Å²) in [5.74, 6) is 0.118. The number of benzene rings is 1. The van der Waals surface area contributed by atoms with E-state index in [1.54, 1.807) is 24.3 Å². The van der Waals surface area contributed by atoms with Gasteiger partial charge in [-0.25, -0.2) is 9.97 Å². The van der Waals surface area contributed by atoms with E-state index in [-0.39, 0.29) is 11.9 Å². The first-order chi connectivity index (χ1) is 11.1. The Morgan fingerprint density at radius 2 is 1.96 bits per heavy atom. The van der Waals surface area contributed by atoms with E-state index in [9.17, 15) is 4.79 Å². The van der Waals surface area contributed by atoms with Crippen LogP contribution in [0.1, 0.15) is 36.2 Å². The minimum atomic E-state index is -0.181. The topological polar surface area (TPSA) is 66.9 Å². The molecule has 3 rings (SSSR count). The summed E-state index contributed by atoms with van der Waals surface area (Å²) in [5, 5.41) is 6.81. The van der Waals surface area contributed by atoms with E-state index >= 15 is 0 Å². The number of rotatable bonds is 4. The molecule has 2 N–H and O–H groups in total. The predicted molar refractivity (Wildman–Crippen MR) is 91.5 cm³/mol. The van der Waals surface area contributed by atoms with Gasteiger partial charge in [-0.15, -0.1) is 0 Å². The van der Waals surface area contributed by atoms with Crippen molar-refractivity contribution < 1.29 is 4.79 Å². The number of anilines is 2. The number of aromatic nitrogens is 2. The molecule has 0 aliphatic heterocycles. The van der Waals surface area contributed by atoms with Gasteiger partial charge < -0.3 is 10.6 Å². The van der Waals surface area contributed by atoms with Gasteiger partial charge in [-0.2, -0.15) is 0 Å². The minimum absolute atomic E-state index is 0.181. The van der Waals surface area contributed by atoms with Gasteiger partial charge in [0.05, 0.1) is 15.7 Å². The number of amides is 1. The Labute approximate surface area is 144 Å². The van der Waals surface area contributed by atoms with Crippen molar-refractivity contribution in [1.29, 1.82) is 0 Å². The Bertz CT molecular complexity index is 717. The summed E-state index contributed by atoms with van der Waals surface area (Å²) in [5.41, 5.74) is 0.917. The van der Waals surface area contributed by atoms with Crippen molar-refractivity contribution in [2.24, 2.45) is 0 Å². The minimum Gasteiger partial charge on any atom is -0.348 e. The lowest BCUT2D eigenvalue weighted by atomic mass is 10.2. The van der Waals surface area contributed by atoms with Crippen LogP contribution in [0.4, 0.5) is 11.6 Å². The van der Waals surface area contributed by atoms with Crippen LogP contribution >= 0.6 is 23.2 Å². The Kier molecular flexibility index (Phi) is 4.98. The highest BCUT2D eigenvalue weighted by Crippen LogP contribution is 2.30. The van der Waals surface area contributed by atoms with Crippen molar-refractivity contribution in [1.82, 2.24) is 15.3 Å². The molecule has 120 valence electrons. The third-order valence-electron chi connectivity index (χ3n) is 3.78. The predicted octanol–water partition coefficient (Wildman–Crippen LogP) is 4.20. The molecule has 23 heavy (non-hydrogen) atoms. The van der Waals surface area contributed by atoms with E-state index in [1.165, 1.54) is 6.20 Å². The van der Waals surface area contributed by atoms with Crippen molar-refractivity contribution in [3.8, 4) is 0 Å². The van der Waals surface area contributed by atoms with Gasteiger partial charge in [-0.1, -0.05) is 42.1 Å². The lowest BCUT2D eigenvalue weighted by Gasteiger charge is -2.12. The molecule has 1 saturated carbocycles. The maximum absolute atomic E-state index is 12.3. The highest BCUT2D eigenvalue weighted by atomic mass is 35.5. The molecule has 1 aliphatic carbocycles. The molecule has 2 aromatic rings. The first kappa shape index (κ1) is 16.0. The second-order valence-electron chi connectivity index (χ2n) is 5.45. The first-order valence-electron chi connectivity index (χ1n) is 7.48. The lowest BCUT2D eigenvalue weighted by molar-refractivity contribution is 0.0933. The second-order valence-corrected chi connectivity index (χ2v) is 6.23. The van der Waals surface area contributed by atoms with Crippen LogP contribution in [-0.2, 0) is 0 Å². The molecule has 1 heterocycles. The summed E-state index contributed by atoms with van der Waals surface area (Å²) in [4.78, 5) is 20.6. The third-order valence-corrected chi connectivity index (χ3v) is 4.60. The summed E-state index contributed by atoms with van der Waals surface area (Å²) >= 11 is 12.1. The molecule has 1 amide bonds. The van der Waals surface area contributed by atoms with E-state index in [2.05, 4.69) is 20.6 Å². The van der Waals surface area contributed by atoms with Crippen LogP contribution in [0.15, 0.2) is 30.5 Å². The van der Waals surface area contributed by atoms with Crippen LogP contribution in [-0.4, -0.2) is 21.9 Å². The number of hydrogen-bond acceptors (Lipinski definition) is 4. The molecule has 0 radical (unpaired) electrons. The Morgan fingerprint density at radius 1 is 1.17 bits per heavy atom. The van der Waals surface area contributed by atoms with Gasteiger partial charge in [0, 0.05) is 12.2 Å². The number of nitrogens with zero attached hydrogens (tertiary/aromatic N) is 2. The molecule has 1 aromatic carbocycles. The normalized spacial score (nSPS) is 14.7. The summed E-state index contributed by atoms with van der Waals surface area (Å²) in [7, 11) is 0. The maximum Gasteiger partial charge on any atom is 0.270 e. The molecular formula is C16H16Cl2N4O. The van der Waals surface area contributed by atoms with Gasteiger partial charge in [0.1, 0.15) is 5.69 Å². The highest BCUT2D eigenvalue weighted by Gasteiger charge is 2.19. The molecule has 0 spiro atoms. The standard InChI is InChI=1S/C16H16Cl2N4O/c17-11-6-3-7-12(14(11)18)21-16-19-9-8-13(22-16)15(23)20-10-4-1-2-5-10/h3,6-10H,1-2,4-5H2,(H,20,23)(H,19,21,22). The van der Waals surface area contributed by atoms with E-state index in [1.807, 2.05) is 0 Å². The van der Waals surface area contributed by atoms with Gasteiger partial charge in [-0.05, 0) is 31.0 Å². The molecule has 0 bridgehead atoms. The zero-order valence-electron chi connectivity index (χ0n) is 12.4. The second kappa shape index (κ2) is 7.15. The molecular weight excluding hydrogens is 335 g/mol. The number of nitrogens with one attached hydrogen (secondary N) is 2. The van der Waals surface area contributed by atoms with E-state index in [0.29, 0.717) is 27.4 Å². The summed E-state index contributed by atoms with van der Waals surface area (Å²) < 4.78 is 0. The van der Waals surface area contributed by atoms with Crippen molar-refractivity contribution in [2.45, 2.75) is 31.7 Å². The highest BCUT2D eigenvalue weighted by molar-refractivity contribution is 6.43. The van der Waals surface area contributed by atoms with Crippen LogP contribution in [0, 0.1) is 0 Å². The molecule has 0 atom stereocenters. The van der Waals surface area contributed by atoms with Crippen LogP contribution in [0.5, 0.6) is 0 Å². The molecule has 1 fully saturated rings. The zero-order chi connectivity index (χ0) is 16.2. The van der Waals surface area contributed by atoms with Gasteiger partial charge >= 0.3 is 0 Å². The van der Waals surface area contributed by atoms with Crippen molar-refractivity contribution in [2.75, 3.05) is 5.32 Å². The third kappa shape index (κ3) is 3.92. The molecule has 0 saturated heterocycles. The van der Waals surface area contributed by atoms with Gasteiger partial charge in [0.2, 0.25) is 5.95 Å². The largest absolute Gasteiger partial charge is 0.348 e. The lowest BCUT2D eigenvalue weighted by Crippen LogP contribution is -2.33. The van der Waals surface area contributed by atoms with E-state index in [4.69, 9.17) is 23.2 Å². The fourth-order valence-corrected chi connectivity index (χ4v) is 2.94. The quantitative estimate of drug-likeness (QED) is 0.866. The number of hydrogen-bond donors (Lipinski definition) is 2. The molecule has 7 heteroatoms. The SMILES string of the molecule is O=C(NC1CCCC1)c1ccnc(Nc2cccc(Cl)c2Cl)n1. The van der Waals surface area contributed by atoms with Crippen molar-refractivity contribution in [3.63, 3.8) is 0 Å². The summed E-state index contributed by atoms with van der Waals surface area (Å²) in [6.07, 6.45) is 5.92. The van der Waals surface area contributed by atoms with E-state index < -0.39 is 0 Å². The monoisotopic (exact) mass is 350 g/mol. The van der Waals surface area contributed by atoms with Crippen LogP contribution in [0.25, 0.3) is 0 Å². The maximum atomic E-state index is 12.3. The number of halogens is 2. The zero-order valence-corrected chi connectivity index (χ0v) is 13.9. The Morgan fingerprint density at radius 3 is 2.74 bits per heavy atom. The van der Waals surface area contributed by atoms with Crippen molar-refractivity contribution in [3.05, 3.63) is 46.2 Å². The van der Waals surface area contributed by atoms with Gasteiger partial charge in [0.15, 0.2) is 0 Å². The molecule has 5 nitrogen and oxygen atoms in total. The fourth-order valence-electron chi connectivity index (χ4n) is 2.60. The molecule has 0 unspecified atom stereocenters. The Hall–Kier alpha value is -1.85. The van der Waals surface area contributed by atoms with Gasteiger partial charge in [-0.3, -0.25) is 4.79 Å². The average Bonchev–Trinajstić information content (AvgIpc) is 3.05. The van der Waals surface area contributed by atoms with Crippen LogP contribution < -0.4 is 10.6 Å². The number of carbonyl (C=O) groups excluding carboxylic acids is 1. The Balaban J connectivity index is 1.74. The van der Waals surface area contributed by atoms with E-state index in [0.717, 1.165) is 25.7 Å². The summed E-state index contributed by atoms with van der Waals surface area (Å²) in [6.45, 7) is 0. The van der Waals surface area contributed by atoms with Crippen molar-refractivity contribution >= 4 is 40.7 Å². The number of carbonyl (C=O) groups is 1. The molecule has 1 aliphatic rings. The fraction of sp³-hybridized carbons (Fsp3) is 0.312.